The fourth-order valence-corrected chi connectivity index (χ4v) is 4.90. The first-order chi connectivity index (χ1) is 16.8. The van der Waals surface area contributed by atoms with Gasteiger partial charge in [-0.1, -0.05) is 24.3 Å². The van der Waals surface area contributed by atoms with Gasteiger partial charge in [0.2, 0.25) is 0 Å². The highest BCUT2D eigenvalue weighted by Gasteiger charge is 2.42. The Hall–Kier alpha value is -2.80. The van der Waals surface area contributed by atoms with Crippen LogP contribution >= 0.6 is 11.8 Å². The Kier molecular flexibility index (Phi) is 8.55. The van der Waals surface area contributed by atoms with Crippen LogP contribution in [0.15, 0.2) is 41.3 Å². The Morgan fingerprint density at radius 2 is 1.61 bits per heavy atom. The standard InChI is InChI=1S/C29H37NO5S/c1-17(2)34-28(33)30-15-24(25(16-30)26(32)21-9-11-23(36-8)12-10-21)22-13-18(3)27(19(4)14-22)35-29(6,7)20(5)31/h9-14,17,24-25H,15-16H2,1-8H3/t24-,25+/m0/s1. The lowest BCUT2D eigenvalue weighted by Gasteiger charge is -2.27. The summed E-state index contributed by atoms with van der Waals surface area (Å²) in [6.45, 7) is 13.2. The molecule has 0 unspecified atom stereocenters. The zero-order valence-electron chi connectivity index (χ0n) is 22.5. The van der Waals surface area contributed by atoms with E-state index in [1.54, 1.807) is 30.5 Å². The highest BCUT2D eigenvalue weighted by atomic mass is 32.2. The van der Waals surface area contributed by atoms with Gasteiger partial charge in [-0.25, -0.2) is 4.79 Å². The van der Waals surface area contributed by atoms with Crippen molar-refractivity contribution in [2.45, 2.75) is 71.0 Å². The maximum atomic E-state index is 13.7. The number of Topliss-reactive ketones (excluding diaryl/α,β-unsaturated/α-hetero) is 2. The molecule has 0 spiro atoms. The van der Waals surface area contributed by atoms with E-state index in [1.807, 2.05) is 70.3 Å². The van der Waals surface area contributed by atoms with Crippen molar-refractivity contribution in [3.05, 3.63) is 58.7 Å². The van der Waals surface area contributed by atoms with E-state index in [9.17, 15) is 14.4 Å². The van der Waals surface area contributed by atoms with Crippen molar-refractivity contribution in [3.63, 3.8) is 0 Å². The van der Waals surface area contributed by atoms with Gasteiger partial charge in [0.05, 0.1) is 6.10 Å². The predicted octanol–water partition coefficient (Wildman–Crippen LogP) is 6.22. The number of aryl methyl sites for hydroxylation is 2. The number of carbonyl (C=O) groups is 3. The molecule has 1 fully saturated rings. The van der Waals surface area contributed by atoms with Crippen molar-refractivity contribution in [2.75, 3.05) is 19.3 Å². The third kappa shape index (κ3) is 6.12. The zero-order valence-corrected chi connectivity index (χ0v) is 23.3. The number of ketones is 2. The second-order valence-electron chi connectivity index (χ2n) is 10.3. The van der Waals surface area contributed by atoms with Crippen LogP contribution in [0.25, 0.3) is 0 Å². The van der Waals surface area contributed by atoms with Crippen LogP contribution < -0.4 is 4.74 Å². The van der Waals surface area contributed by atoms with E-state index in [2.05, 4.69) is 0 Å². The summed E-state index contributed by atoms with van der Waals surface area (Å²) in [6, 6.07) is 11.6. The molecular weight excluding hydrogens is 474 g/mol. The Morgan fingerprint density at radius 1 is 1.03 bits per heavy atom. The van der Waals surface area contributed by atoms with Crippen molar-refractivity contribution < 1.29 is 23.9 Å². The molecule has 0 aromatic heterocycles. The van der Waals surface area contributed by atoms with Crippen molar-refractivity contribution in [3.8, 4) is 5.75 Å². The van der Waals surface area contributed by atoms with Gasteiger partial charge in [-0.05, 0) is 83.5 Å². The van der Waals surface area contributed by atoms with Gasteiger partial charge in [-0.2, -0.15) is 0 Å². The molecule has 0 saturated carbocycles. The summed E-state index contributed by atoms with van der Waals surface area (Å²) >= 11 is 1.63. The van der Waals surface area contributed by atoms with Crippen molar-refractivity contribution in [2.24, 2.45) is 5.92 Å². The van der Waals surface area contributed by atoms with Gasteiger partial charge < -0.3 is 14.4 Å². The minimum atomic E-state index is -0.941. The molecule has 1 aliphatic rings. The summed E-state index contributed by atoms with van der Waals surface area (Å²) in [6.07, 6.45) is 1.35. The average molecular weight is 512 g/mol. The summed E-state index contributed by atoms with van der Waals surface area (Å²) in [4.78, 5) is 41.2. The molecular formula is C29H37NO5S. The number of hydrogen-bond donors (Lipinski definition) is 0. The van der Waals surface area contributed by atoms with Crippen LogP contribution in [-0.4, -0.2) is 53.6 Å². The fourth-order valence-electron chi connectivity index (χ4n) is 4.49. The molecule has 0 radical (unpaired) electrons. The SMILES string of the molecule is CSc1ccc(C(=O)[C@@H]2CN(C(=O)OC(C)C)C[C@H]2c2cc(C)c(OC(C)(C)C(C)=O)c(C)c2)cc1. The lowest BCUT2D eigenvalue weighted by Crippen LogP contribution is -2.36. The molecule has 1 aliphatic heterocycles. The average Bonchev–Trinajstić information content (AvgIpc) is 3.26. The van der Waals surface area contributed by atoms with E-state index in [-0.39, 0.29) is 23.6 Å². The van der Waals surface area contributed by atoms with Gasteiger partial charge in [-0.3, -0.25) is 9.59 Å². The molecule has 194 valence electrons. The molecule has 0 aliphatic carbocycles. The minimum absolute atomic E-state index is 0.0147. The van der Waals surface area contributed by atoms with Gasteiger partial charge in [0.1, 0.15) is 5.75 Å². The van der Waals surface area contributed by atoms with Crippen LogP contribution in [0, 0.1) is 19.8 Å². The normalized spacial score (nSPS) is 17.9. The number of benzene rings is 2. The molecule has 2 atom stereocenters. The molecule has 1 amide bonds. The van der Waals surface area contributed by atoms with E-state index in [0.29, 0.717) is 24.4 Å². The molecule has 0 bridgehead atoms. The van der Waals surface area contributed by atoms with Crippen molar-refractivity contribution >= 4 is 29.4 Å². The number of amides is 1. The number of thioether (sulfide) groups is 1. The van der Waals surface area contributed by atoms with Crippen molar-refractivity contribution in [1.82, 2.24) is 4.90 Å². The number of rotatable bonds is 8. The second-order valence-corrected chi connectivity index (χ2v) is 11.2. The van der Waals surface area contributed by atoms with Gasteiger partial charge in [0.25, 0.3) is 0 Å². The Bertz CT molecular complexity index is 1120. The van der Waals surface area contributed by atoms with Crippen LogP contribution in [0.1, 0.15) is 67.6 Å². The first-order valence-corrected chi connectivity index (χ1v) is 13.5. The predicted molar refractivity (Wildman–Crippen MR) is 143 cm³/mol. The van der Waals surface area contributed by atoms with Crippen LogP contribution in [0.5, 0.6) is 5.75 Å². The molecule has 2 aromatic carbocycles. The maximum Gasteiger partial charge on any atom is 0.410 e. The third-order valence-corrected chi connectivity index (χ3v) is 7.49. The highest BCUT2D eigenvalue weighted by Crippen LogP contribution is 2.39. The summed E-state index contributed by atoms with van der Waals surface area (Å²) in [5, 5.41) is 0. The molecule has 6 nitrogen and oxygen atoms in total. The van der Waals surface area contributed by atoms with Crippen LogP contribution in [0.2, 0.25) is 0 Å². The largest absolute Gasteiger partial charge is 0.480 e. The van der Waals surface area contributed by atoms with E-state index in [4.69, 9.17) is 9.47 Å². The quantitative estimate of drug-likeness (QED) is 0.310. The minimum Gasteiger partial charge on any atom is -0.480 e. The van der Waals surface area contributed by atoms with E-state index in [1.165, 1.54) is 6.92 Å². The monoisotopic (exact) mass is 511 g/mol. The smallest absolute Gasteiger partial charge is 0.410 e. The summed E-state index contributed by atoms with van der Waals surface area (Å²) in [5.74, 6) is 0.0387. The Labute approximate surface area is 218 Å². The topological polar surface area (TPSA) is 72.9 Å². The number of likely N-dealkylation sites (tertiary alicyclic amines) is 1. The summed E-state index contributed by atoms with van der Waals surface area (Å²) in [5.41, 5.74) is 2.44. The van der Waals surface area contributed by atoms with Gasteiger partial charge in [-0.15, -0.1) is 11.8 Å². The maximum absolute atomic E-state index is 13.7. The zero-order chi connectivity index (χ0) is 26.8. The second kappa shape index (κ2) is 11.1. The van der Waals surface area contributed by atoms with Crippen molar-refractivity contribution in [1.29, 1.82) is 0 Å². The highest BCUT2D eigenvalue weighted by molar-refractivity contribution is 7.98. The van der Waals surface area contributed by atoms with Gasteiger partial charge in [0, 0.05) is 35.4 Å². The molecule has 0 N–H and O–H groups in total. The van der Waals surface area contributed by atoms with E-state index < -0.39 is 17.6 Å². The molecule has 1 saturated heterocycles. The van der Waals surface area contributed by atoms with Crippen LogP contribution in [-0.2, 0) is 9.53 Å². The lowest BCUT2D eigenvalue weighted by atomic mass is 9.82. The number of nitrogens with zero attached hydrogens (tertiary/aromatic N) is 1. The summed E-state index contributed by atoms with van der Waals surface area (Å²) in [7, 11) is 0. The first kappa shape index (κ1) is 27.8. The lowest BCUT2D eigenvalue weighted by molar-refractivity contribution is -0.129. The Morgan fingerprint density at radius 3 is 2.11 bits per heavy atom. The van der Waals surface area contributed by atoms with Gasteiger partial charge in [0.15, 0.2) is 17.2 Å². The molecule has 3 rings (SSSR count). The van der Waals surface area contributed by atoms with Crippen LogP contribution in [0.3, 0.4) is 0 Å². The van der Waals surface area contributed by atoms with Gasteiger partial charge >= 0.3 is 6.09 Å². The number of hydrogen-bond acceptors (Lipinski definition) is 6. The first-order valence-electron chi connectivity index (χ1n) is 12.3. The van der Waals surface area contributed by atoms with Crippen LogP contribution in [0.4, 0.5) is 4.79 Å². The number of carbonyl (C=O) groups excluding carboxylic acids is 3. The van der Waals surface area contributed by atoms with E-state index in [0.717, 1.165) is 21.6 Å². The molecule has 36 heavy (non-hydrogen) atoms. The molecule has 7 heteroatoms. The Balaban J connectivity index is 1.98. The van der Waals surface area contributed by atoms with E-state index >= 15 is 0 Å². The summed E-state index contributed by atoms with van der Waals surface area (Å²) < 4.78 is 11.6. The number of ether oxygens (including phenoxy) is 2. The molecule has 1 heterocycles. The fraction of sp³-hybridized carbons (Fsp3) is 0.483. The third-order valence-electron chi connectivity index (χ3n) is 6.74. The molecule has 2 aromatic rings.